The van der Waals surface area contributed by atoms with Crippen LogP contribution in [0.4, 0.5) is 9.59 Å². The summed E-state index contributed by atoms with van der Waals surface area (Å²) in [6, 6.07) is 22.6. The lowest BCUT2D eigenvalue weighted by Crippen LogP contribution is -2.36. The van der Waals surface area contributed by atoms with Crippen LogP contribution in [0.5, 0.6) is 5.75 Å². The summed E-state index contributed by atoms with van der Waals surface area (Å²) in [6.45, 7) is 12.5. The zero-order valence-electron chi connectivity index (χ0n) is 35.0. The Morgan fingerprint density at radius 1 is 0.783 bits per heavy atom. The molecule has 3 aromatic carbocycles. The van der Waals surface area contributed by atoms with Gasteiger partial charge < -0.3 is 28.7 Å². The first-order valence-electron chi connectivity index (χ1n) is 21.0. The number of H-pyrrole nitrogens is 2. The Hall–Kier alpha value is -5.75. The highest BCUT2D eigenvalue weighted by Crippen LogP contribution is 2.50. The van der Waals surface area contributed by atoms with Crippen molar-refractivity contribution in [1.29, 1.82) is 0 Å². The van der Waals surface area contributed by atoms with Gasteiger partial charge in [0.15, 0.2) is 6.23 Å². The summed E-state index contributed by atoms with van der Waals surface area (Å²) in [5.74, 6) is 2.21. The Bertz CT molecular complexity index is 2560. The predicted octanol–water partition coefficient (Wildman–Crippen LogP) is 11.4. The molecule has 3 aliphatic heterocycles. The number of benzene rings is 3. The smallest absolute Gasteiger partial charge is 0.410 e. The van der Waals surface area contributed by atoms with Gasteiger partial charge in [-0.2, -0.15) is 0 Å². The van der Waals surface area contributed by atoms with Crippen molar-refractivity contribution in [3.63, 3.8) is 0 Å². The van der Waals surface area contributed by atoms with Crippen molar-refractivity contribution >= 4 is 34.7 Å². The van der Waals surface area contributed by atoms with Gasteiger partial charge in [0, 0.05) is 41.6 Å². The molecule has 13 heteroatoms. The number of hydrogen-bond donors (Lipinski definition) is 2. The van der Waals surface area contributed by atoms with E-state index in [1.807, 2.05) is 60.0 Å². The fourth-order valence-corrected chi connectivity index (χ4v) is 9.13. The molecule has 2 N–H and O–H groups in total. The van der Waals surface area contributed by atoms with Gasteiger partial charge in [-0.15, -0.1) is 0 Å². The Labute approximate surface area is 355 Å². The zero-order valence-corrected chi connectivity index (χ0v) is 35.8. The minimum Gasteiger partial charge on any atom is -0.469 e. The number of aromatic nitrogens is 5. The first-order valence-corrected chi connectivity index (χ1v) is 21.4. The fraction of sp³-hybridized carbons (Fsp3) is 0.404. The molecular weight excluding hydrogens is 778 g/mol. The van der Waals surface area contributed by atoms with E-state index >= 15 is 0 Å². The van der Waals surface area contributed by atoms with Gasteiger partial charge in [-0.1, -0.05) is 54.1 Å². The third-order valence-corrected chi connectivity index (χ3v) is 11.8. The van der Waals surface area contributed by atoms with E-state index in [1.165, 1.54) is 5.56 Å². The second kappa shape index (κ2) is 15.4. The number of ether oxygens (including phenoxy) is 3. The lowest BCUT2D eigenvalue weighted by Gasteiger charge is -2.30. The standard InChI is InChI=1S/C47H52ClN7O5/c1-46(2,3)59-44(56)53-22-10-14-36(53)42-49-26-33(51-42)29-18-20-35-32(24-29)40(48)41-31-19-17-30(25-38(31)58-39(55(35)41)21-16-28-12-8-7-9-13-28)34-27-50-43(52-34)37-15-11-23-54(37)45(57)60-47(4,5)6/h7-9,12-13,17-20,24-27,36-37,39H,10-11,14-16,21-23H2,1-6H3,(H,49,51)(H,50,52)/t36-,37?,39?/m0/s1. The molecule has 2 amide bonds. The second-order valence-corrected chi connectivity index (χ2v) is 18.5. The summed E-state index contributed by atoms with van der Waals surface area (Å²) >= 11 is 7.45. The highest BCUT2D eigenvalue weighted by Gasteiger charge is 2.37. The van der Waals surface area contributed by atoms with E-state index in [-0.39, 0.29) is 30.5 Å². The van der Waals surface area contributed by atoms with Gasteiger partial charge in [0.1, 0.15) is 28.6 Å². The second-order valence-electron chi connectivity index (χ2n) is 18.1. The quantitative estimate of drug-likeness (QED) is 0.164. The Balaban J connectivity index is 1.04. The molecule has 2 fully saturated rings. The highest BCUT2D eigenvalue weighted by atomic mass is 35.5. The molecule has 0 saturated carbocycles. The number of nitrogens with zero attached hydrogens (tertiary/aromatic N) is 5. The first kappa shape index (κ1) is 39.7. The Kier molecular flexibility index (Phi) is 10.2. The van der Waals surface area contributed by atoms with Gasteiger partial charge in [-0.05, 0) is 103 Å². The van der Waals surface area contributed by atoms with E-state index in [0.29, 0.717) is 18.1 Å². The molecule has 2 saturated heterocycles. The minimum absolute atomic E-state index is 0.186. The molecule has 6 aromatic rings. The van der Waals surface area contributed by atoms with Gasteiger partial charge in [-0.3, -0.25) is 9.80 Å². The normalized spacial score (nSPS) is 19.0. The molecule has 60 heavy (non-hydrogen) atoms. The van der Waals surface area contributed by atoms with Crippen LogP contribution in [-0.2, 0) is 15.9 Å². The molecule has 9 rings (SSSR count). The van der Waals surface area contributed by atoms with Gasteiger partial charge in [0.25, 0.3) is 0 Å². The SMILES string of the molecule is CC(C)(C)OC(=O)N1CCCC1c1ncc(-c2ccc3c(c2)OC(CCc2ccccc2)n2c-3c(Cl)c3cc(-c4cnc([C@@H]5CCCN5C(=O)OC(C)(C)C)[nH]4)ccc32)[nH]1. The van der Waals surface area contributed by atoms with Crippen LogP contribution in [0.3, 0.4) is 0 Å². The lowest BCUT2D eigenvalue weighted by molar-refractivity contribution is 0.0208. The molecule has 312 valence electrons. The van der Waals surface area contributed by atoms with E-state index in [0.717, 1.165) is 101 Å². The molecule has 3 atom stereocenters. The molecule has 6 heterocycles. The number of carbonyl (C=O) groups is 2. The van der Waals surface area contributed by atoms with Gasteiger partial charge in [-0.25, -0.2) is 19.6 Å². The van der Waals surface area contributed by atoms with E-state index in [1.54, 1.807) is 9.80 Å². The number of imidazole rings is 2. The molecule has 3 aromatic heterocycles. The van der Waals surface area contributed by atoms with Crippen molar-refractivity contribution in [1.82, 2.24) is 34.3 Å². The first-order chi connectivity index (χ1) is 28.7. The van der Waals surface area contributed by atoms with Crippen molar-refractivity contribution in [2.45, 2.75) is 110 Å². The van der Waals surface area contributed by atoms with Crippen LogP contribution >= 0.6 is 11.6 Å². The number of fused-ring (bicyclic) bond motifs is 5. The topological polar surface area (TPSA) is 131 Å². The number of hydrogen-bond acceptors (Lipinski definition) is 7. The average molecular weight is 830 g/mol. The molecule has 12 nitrogen and oxygen atoms in total. The van der Waals surface area contributed by atoms with Crippen LogP contribution < -0.4 is 4.74 Å². The number of carbonyl (C=O) groups excluding carboxylic acids is 2. The molecule has 3 aliphatic rings. The van der Waals surface area contributed by atoms with Crippen molar-refractivity contribution in [2.75, 3.05) is 13.1 Å². The molecule has 0 aliphatic carbocycles. The molecule has 0 radical (unpaired) electrons. The van der Waals surface area contributed by atoms with E-state index < -0.39 is 11.2 Å². The van der Waals surface area contributed by atoms with Gasteiger partial charge >= 0.3 is 12.2 Å². The van der Waals surface area contributed by atoms with E-state index in [2.05, 4.69) is 75.2 Å². The Morgan fingerprint density at radius 3 is 1.93 bits per heavy atom. The molecule has 0 bridgehead atoms. The van der Waals surface area contributed by atoms with Gasteiger partial charge in [0.2, 0.25) is 0 Å². The van der Waals surface area contributed by atoms with Gasteiger partial charge in [0.05, 0.1) is 52.1 Å². The van der Waals surface area contributed by atoms with Crippen LogP contribution in [0.2, 0.25) is 5.02 Å². The third-order valence-electron chi connectivity index (χ3n) is 11.5. The van der Waals surface area contributed by atoms with Crippen LogP contribution in [0.25, 0.3) is 44.7 Å². The van der Waals surface area contributed by atoms with Crippen molar-refractivity contribution in [3.8, 4) is 39.5 Å². The van der Waals surface area contributed by atoms with Crippen LogP contribution in [0, 0.1) is 0 Å². The Morgan fingerprint density at radius 2 is 1.35 bits per heavy atom. The maximum Gasteiger partial charge on any atom is 0.410 e. The summed E-state index contributed by atoms with van der Waals surface area (Å²) in [4.78, 5) is 46.2. The predicted molar refractivity (Wildman–Crippen MR) is 232 cm³/mol. The van der Waals surface area contributed by atoms with E-state index in [4.69, 9.17) is 35.8 Å². The highest BCUT2D eigenvalue weighted by molar-refractivity contribution is 6.38. The number of aromatic amines is 2. The number of halogens is 1. The fourth-order valence-electron chi connectivity index (χ4n) is 8.78. The molecule has 2 unspecified atom stereocenters. The summed E-state index contributed by atoms with van der Waals surface area (Å²) in [6.07, 6.45) is 7.59. The monoisotopic (exact) mass is 829 g/mol. The van der Waals surface area contributed by atoms with Crippen molar-refractivity contribution < 1.29 is 23.8 Å². The van der Waals surface area contributed by atoms with Crippen LogP contribution in [0.15, 0.2) is 79.1 Å². The number of likely N-dealkylation sites (tertiary alicyclic amines) is 2. The van der Waals surface area contributed by atoms with E-state index in [9.17, 15) is 9.59 Å². The van der Waals surface area contributed by atoms with Crippen molar-refractivity contribution in [3.05, 3.63) is 101 Å². The zero-order chi connectivity index (χ0) is 41.9. The number of aryl methyl sites for hydroxylation is 1. The molecule has 0 spiro atoms. The summed E-state index contributed by atoms with van der Waals surface area (Å²) < 4.78 is 20.6. The van der Waals surface area contributed by atoms with Crippen LogP contribution in [0.1, 0.15) is 109 Å². The minimum atomic E-state index is -0.579. The third kappa shape index (κ3) is 7.73. The summed E-state index contributed by atoms with van der Waals surface area (Å²) in [7, 11) is 0. The summed E-state index contributed by atoms with van der Waals surface area (Å²) in [5, 5.41) is 1.55. The summed E-state index contributed by atoms with van der Waals surface area (Å²) in [5.41, 5.74) is 6.39. The number of nitrogens with one attached hydrogen (secondary N) is 2. The molecular formula is C47H52ClN7O5. The van der Waals surface area contributed by atoms with Crippen LogP contribution in [-0.4, -0.2) is 70.8 Å². The van der Waals surface area contributed by atoms with Crippen molar-refractivity contribution in [2.24, 2.45) is 0 Å². The maximum atomic E-state index is 13.1. The lowest BCUT2D eigenvalue weighted by atomic mass is 10.0. The number of amides is 2. The average Bonchev–Trinajstić information content (AvgIpc) is 4.06. The number of rotatable bonds is 7. The largest absolute Gasteiger partial charge is 0.469 e. The maximum absolute atomic E-state index is 13.1.